The van der Waals surface area contributed by atoms with E-state index in [4.69, 9.17) is 0 Å². The first-order chi connectivity index (χ1) is 8.17. The molecule has 2 unspecified atom stereocenters. The number of rotatable bonds is 4. The molecule has 0 fully saturated rings. The Bertz CT molecular complexity index is 502. The lowest BCUT2D eigenvalue weighted by molar-refractivity contribution is 0.130. The molecule has 2 aromatic rings. The summed E-state index contributed by atoms with van der Waals surface area (Å²) in [6.45, 7) is 2.06. The number of aryl methyl sites for hydroxylation is 1. The third kappa shape index (κ3) is 2.18. The Labute approximate surface area is 101 Å². The third-order valence-corrected chi connectivity index (χ3v) is 3.28. The molecular weight excluding hydrogens is 214 g/mol. The molecule has 1 heterocycles. The first-order valence-electron chi connectivity index (χ1n) is 5.93. The van der Waals surface area contributed by atoms with E-state index in [9.17, 15) is 5.11 Å². The van der Waals surface area contributed by atoms with Gasteiger partial charge in [0.15, 0.2) is 0 Å². The molecule has 0 amide bonds. The monoisotopic (exact) mass is 233 g/mol. The number of likely N-dealkylation sites (N-methyl/N-ethyl adjacent to an activating group) is 1. The quantitative estimate of drug-likeness (QED) is 0.843. The molecule has 92 valence electrons. The summed E-state index contributed by atoms with van der Waals surface area (Å²) in [4.78, 5) is 4.30. The number of hydrogen-bond donors (Lipinski definition) is 2. The van der Waals surface area contributed by atoms with Crippen molar-refractivity contribution in [2.24, 2.45) is 7.05 Å². The number of nitrogens with zero attached hydrogens (tertiary/aromatic N) is 2. The second-order valence-electron chi connectivity index (χ2n) is 4.35. The number of nitrogens with one attached hydrogen (secondary N) is 1. The Hall–Kier alpha value is -1.39. The van der Waals surface area contributed by atoms with Gasteiger partial charge in [0.25, 0.3) is 0 Å². The topological polar surface area (TPSA) is 50.1 Å². The van der Waals surface area contributed by atoms with Crippen LogP contribution < -0.4 is 5.32 Å². The van der Waals surface area contributed by atoms with Crippen LogP contribution >= 0.6 is 0 Å². The normalized spacial score (nSPS) is 15.1. The van der Waals surface area contributed by atoms with Crippen LogP contribution in [0.4, 0.5) is 0 Å². The summed E-state index contributed by atoms with van der Waals surface area (Å²) >= 11 is 0. The largest absolute Gasteiger partial charge is 0.387 e. The number of aromatic nitrogens is 2. The Morgan fingerprint density at radius 1 is 1.47 bits per heavy atom. The van der Waals surface area contributed by atoms with E-state index in [1.54, 1.807) is 6.33 Å². The van der Waals surface area contributed by atoms with Gasteiger partial charge in [0.05, 0.1) is 23.5 Å². The number of benzene rings is 1. The molecule has 0 aliphatic carbocycles. The highest BCUT2D eigenvalue weighted by Crippen LogP contribution is 2.22. The van der Waals surface area contributed by atoms with Gasteiger partial charge in [0.1, 0.15) is 0 Å². The van der Waals surface area contributed by atoms with Crippen molar-refractivity contribution >= 4 is 11.0 Å². The molecule has 2 atom stereocenters. The van der Waals surface area contributed by atoms with Gasteiger partial charge >= 0.3 is 0 Å². The lowest BCUT2D eigenvalue weighted by Crippen LogP contribution is -2.31. The summed E-state index contributed by atoms with van der Waals surface area (Å²) in [7, 11) is 3.84. The first kappa shape index (κ1) is 12.1. The molecule has 1 aromatic carbocycles. The van der Waals surface area contributed by atoms with Crippen LogP contribution in [0, 0.1) is 0 Å². The number of aliphatic hydroxyl groups excluding tert-OH is 1. The standard InChI is InChI=1S/C13H19N3O/c1-4-10(14-2)13(17)9-5-6-12-11(7-9)15-8-16(12)3/h5-8,10,13-14,17H,4H2,1-3H3. The predicted molar refractivity (Wildman–Crippen MR) is 68.8 cm³/mol. The highest BCUT2D eigenvalue weighted by Gasteiger charge is 2.18. The molecule has 1 aromatic heterocycles. The van der Waals surface area contributed by atoms with Crippen molar-refractivity contribution in [1.82, 2.24) is 14.9 Å². The Balaban J connectivity index is 2.35. The van der Waals surface area contributed by atoms with Crippen LogP contribution in [-0.4, -0.2) is 27.7 Å². The van der Waals surface area contributed by atoms with Crippen LogP contribution in [0.25, 0.3) is 11.0 Å². The summed E-state index contributed by atoms with van der Waals surface area (Å²) in [6, 6.07) is 6.01. The van der Waals surface area contributed by atoms with Crippen molar-refractivity contribution in [1.29, 1.82) is 0 Å². The Morgan fingerprint density at radius 3 is 2.88 bits per heavy atom. The molecule has 0 aliphatic heterocycles. The van der Waals surface area contributed by atoms with Gasteiger partial charge < -0.3 is 15.0 Å². The van der Waals surface area contributed by atoms with Crippen molar-refractivity contribution in [2.75, 3.05) is 7.05 Å². The van der Waals surface area contributed by atoms with Crippen LogP contribution in [0.5, 0.6) is 0 Å². The fourth-order valence-electron chi connectivity index (χ4n) is 2.15. The van der Waals surface area contributed by atoms with Gasteiger partial charge in [-0.05, 0) is 31.2 Å². The van der Waals surface area contributed by atoms with Crippen molar-refractivity contribution in [3.05, 3.63) is 30.1 Å². The molecule has 0 saturated heterocycles. The van der Waals surface area contributed by atoms with Crippen LogP contribution in [0.3, 0.4) is 0 Å². The number of imidazole rings is 1. The second kappa shape index (κ2) is 4.85. The maximum Gasteiger partial charge on any atom is 0.0955 e. The van der Waals surface area contributed by atoms with Gasteiger partial charge in [0.2, 0.25) is 0 Å². The second-order valence-corrected chi connectivity index (χ2v) is 4.35. The fourth-order valence-corrected chi connectivity index (χ4v) is 2.15. The lowest BCUT2D eigenvalue weighted by Gasteiger charge is -2.21. The predicted octanol–water partition coefficient (Wildman–Crippen LogP) is 1.60. The average molecular weight is 233 g/mol. The zero-order chi connectivity index (χ0) is 12.4. The van der Waals surface area contributed by atoms with E-state index in [1.165, 1.54) is 0 Å². The molecule has 2 rings (SSSR count). The van der Waals surface area contributed by atoms with Gasteiger partial charge in [-0.3, -0.25) is 0 Å². The SMILES string of the molecule is CCC(NC)C(O)c1ccc2c(c1)ncn2C. The van der Waals surface area contributed by atoms with Crippen molar-refractivity contribution in [2.45, 2.75) is 25.5 Å². The van der Waals surface area contributed by atoms with E-state index < -0.39 is 6.10 Å². The molecule has 4 nitrogen and oxygen atoms in total. The summed E-state index contributed by atoms with van der Waals surface area (Å²) in [5.74, 6) is 0. The van der Waals surface area contributed by atoms with Crippen molar-refractivity contribution in [3.63, 3.8) is 0 Å². The minimum Gasteiger partial charge on any atom is -0.387 e. The maximum absolute atomic E-state index is 10.2. The molecule has 2 N–H and O–H groups in total. The van der Waals surface area contributed by atoms with E-state index in [2.05, 4.69) is 17.2 Å². The minimum atomic E-state index is -0.489. The molecule has 0 aliphatic rings. The minimum absolute atomic E-state index is 0.0798. The Kier molecular flexibility index (Phi) is 3.45. The highest BCUT2D eigenvalue weighted by atomic mass is 16.3. The third-order valence-electron chi connectivity index (χ3n) is 3.28. The zero-order valence-electron chi connectivity index (χ0n) is 10.5. The first-order valence-corrected chi connectivity index (χ1v) is 5.93. The molecule has 0 saturated carbocycles. The van der Waals surface area contributed by atoms with Gasteiger partial charge in [-0.2, -0.15) is 0 Å². The molecular formula is C13H19N3O. The van der Waals surface area contributed by atoms with E-state index >= 15 is 0 Å². The molecule has 0 bridgehead atoms. The lowest BCUT2D eigenvalue weighted by atomic mass is 10.00. The molecule has 4 heteroatoms. The molecule has 0 spiro atoms. The summed E-state index contributed by atoms with van der Waals surface area (Å²) in [6.07, 6.45) is 2.19. The van der Waals surface area contributed by atoms with Gasteiger partial charge in [0, 0.05) is 13.1 Å². The highest BCUT2D eigenvalue weighted by molar-refractivity contribution is 5.76. The van der Waals surface area contributed by atoms with Crippen LogP contribution in [-0.2, 0) is 7.05 Å². The van der Waals surface area contributed by atoms with Crippen LogP contribution in [0.15, 0.2) is 24.5 Å². The number of aliphatic hydroxyl groups is 1. The average Bonchev–Trinajstić information content (AvgIpc) is 2.72. The van der Waals surface area contributed by atoms with Crippen LogP contribution in [0.2, 0.25) is 0 Å². The van der Waals surface area contributed by atoms with E-state index in [1.807, 2.05) is 36.9 Å². The van der Waals surface area contributed by atoms with Gasteiger partial charge in [-0.15, -0.1) is 0 Å². The Morgan fingerprint density at radius 2 is 2.24 bits per heavy atom. The molecule has 0 radical (unpaired) electrons. The van der Waals surface area contributed by atoms with Crippen molar-refractivity contribution in [3.8, 4) is 0 Å². The van der Waals surface area contributed by atoms with Gasteiger partial charge in [-0.1, -0.05) is 13.0 Å². The van der Waals surface area contributed by atoms with Crippen LogP contribution in [0.1, 0.15) is 25.0 Å². The summed E-state index contributed by atoms with van der Waals surface area (Å²) < 4.78 is 1.97. The van der Waals surface area contributed by atoms with Crippen molar-refractivity contribution < 1.29 is 5.11 Å². The summed E-state index contributed by atoms with van der Waals surface area (Å²) in [5, 5.41) is 13.4. The summed E-state index contributed by atoms with van der Waals surface area (Å²) in [5.41, 5.74) is 2.92. The fraction of sp³-hybridized carbons (Fsp3) is 0.462. The van der Waals surface area contributed by atoms with E-state index in [0.29, 0.717) is 0 Å². The van der Waals surface area contributed by atoms with Gasteiger partial charge in [-0.25, -0.2) is 4.98 Å². The van der Waals surface area contributed by atoms with E-state index in [-0.39, 0.29) is 6.04 Å². The number of hydrogen-bond acceptors (Lipinski definition) is 3. The van der Waals surface area contributed by atoms with E-state index in [0.717, 1.165) is 23.0 Å². The molecule has 17 heavy (non-hydrogen) atoms. The maximum atomic E-state index is 10.2. The zero-order valence-corrected chi connectivity index (χ0v) is 10.5. The number of fused-ring (bicyclic) bond motifs is 1. The smallest absolute Gasteiger partial charge is 0.0955 e.